The number of H-pyrrole nitrogens is 1. The Bertz CT molecular complexity index is 736. The smallest absolute Gasteiger partial charge is 0.265 e. The quantitative estimate of drug-likeness (QED) is 0.425. The fourth-order valence-corrected chi connectivity index (χ4v) is 3.02. The fourth-order valence-electron chi connectivity index (χ4n) is 1.63. The summed E-state index contributed by atoms with van der Waals surface area (Å²) < 4.78 is 1.54. The van der Waals surface area contributed by atoms with Gasteiger partial charge in [0.25, 0.3) is 0 Å². The first-order valence-corrected chi connectivity index (χ1v) is 7.85. The van der Waals surface area contributed by atoms with Crippen molar-refractivity contribution in [3.8, 4) is 10.7 Å². The summed E-state index contributed by atoms with van der Waals surface area (Å²) in [6.45, 7) is 0.557. The normalized spacial score (nSPS) is 10.9. The summed E-state index contributed by atoms with van der Waals surface area (Å²) in [6.07, 6.45) is 2.65. The van der Waals surface area contributed by atoms with Crippen molar-refractivity contribution in [2.75, 3.05) is 5.75 Å². The minimum Gasteiger partial charge on any atom is -0.265 e. The fraction of sp³-hybridized carbons (Fsp3) is 0.182. The predicted molar refractivity (Wildman–Crippen MR) is 79.3 cm³/mol. The number of aromatic amines is 1. The van der Waals surface area contributed by atoms with E-state index in [1.54, 1.807) is 11.3 Å². The summed E-state index contributed by atoms with van der Waals surface area (Å²) in [7, 11) is 0. The first-order chi connectivity index (χ1) is 10.2. The maximum atomic E-state index is 10.5. The number of hydrogen-bond acceptors (Lipinski definition) is 7. The molecule has 10 heteroatoms. The number of aryl methyl sites for hydroxylation is 1. The highest BCUT2D eigenvalue weighted by Gasteiger charge is 2.10. The van der Waals surface area contributed by atoms with Crippen molar-refractivity contribution in [3.63, 3.8) is 0 Å². The van der Waals surface area contributed by atoms with Crippen LogP contribution in [0.25, 0.3) is 10.7 Å². The molecule has 0 saturated carbocycles. The summed E-state index contributed by atoms with van der Waals surface area (Å²) in [5.41, 5.74) is -0.00197. The zero-order valence-corrected chi connectivity index (χ0v) is 12.3. The van der Waals surface area contributed by atoms with Crippen LogP contribution in [0.5, 0.6) is 0 Å². The zero-order chi connectivity index (χ0) is 14.7. The summed E-state index contributed by atoms with van der Waals surface area (Å²) in [6, 6.07) is 3.93. The molecule has 0 aliphatic rings. The molecule has 3 heterocycles. The Morgan fingerprint density at radius 2 is 2.43 bits per heavy atom. The molecule has 3 aromatic heterocycles. The number of thioether (sulfide) groups is 1. The molecule has 0 aliphatic heterocycles. The Hall–Kier alpha value is -2.20. The standard InChI is InChI=1S/C11H10N6O2S2/c18-17(19)8-6-12-16(7-8)3-5-21-11-13-10(14-15-11)9-2-1-4-20-9/h1-2,4,6-7H,3,5H2,(H,13,14,15). The van der Waals surface area contributed by atoms with E-state index in [0.29, 0.717) is 17.5 Å². The van der Waals surface area contributed by atoms with Crippen molar-refractivity contribution in [1.82, 2.24) is 25.0 Å². The molecule has 0 unspecified atom stereocenters. The van der Waals surface area contributed by atoms with Gasteiger partial charge in [0.05, 0.1) is 16.3 Å². The summed E-state index contributed by atoms with van der Waals surface area (Å²) in [5.74, 6) is 1.43. The Labute approximate surface area is 127 Å². The highest BCUT2D eigenvalue weighted by Crippen LogP contribution is 2.23. The van der Waals surface area contributed by atoms with Gasteiger partial charge in [0.2, 0.25) is 5.16 Å². The highest BCUT2D eigenvalue weighted by molar-refractivity contribution is 7.99. The molecule has 0 atom stereocenters. The van der Waals surface area contributed by atoms with Gasteiger partial charge in [0, 0.05) is 5.75 Å². The molecule has 0 spiro atoms. The third kappa shape index (κ3) is 3.28. The third-order valence-corrected chi connectivity index (χ3v) is 4.31. The van der Waals surface area contributed by atoms with Crippen LogP contribution >= 0.6 is 23.1 Å². The van der Waals surface area contributed by atoms with Gasteiger partial charge in [-0.1, -0.05) is 17.8 Å². The molecule has 0 saturated heterocycles. The van der Waals surface area contributed by atoms with Crippen molar-refractivity contribution < 1.29 is 4.92 Å². The van der Waals surface area contributed by atoms with E-state index in [-0.39, 0.29) is 5.69 Å². The maximum Gasteiger partial charge on any atom is 0.306 e. The second-order valence-electron chi connectivity index (χ2n) is 4.01. The largest absolute Gasteiger partial charge is 0.306 e. The molecule has 21 heavy (non-hydrogen) atoms. The lowest BCUT2D eigenvalue weighted by Gasteiger charge is -1.97. The molecule has 0 aliphatic carbocycles. The number of thiophene rings is 1. The SMILES string of the molecule is O=[N+]([O-])c1cnn(CCSc2n[nH]c(-c3cccs3)n2)c1. The Morgan fingerprint density at radius 3 is 3.14 bits per heavy atom. The van der Waals surface area contributed by atoms with Crippen molar-refractivity contribution >= 4 is 28.8 Å². The van der Waals surface area contributed by atoms with Crippen LogP contribution in [0, 0.1) is 10.1 Å². The Kier molecular flexibility index (Phi) is 3.97. The number of nitrogens with one attached hydrogen (secondary N) is 1. The van der Waals surface area contributed by atoms with Gasteiger partial charge < -0.3 is 0 Å². The van der Waals surface area contributed by atoms with Crippen LogP contribution in [0.15, 0.2) is 35.1 Å². The van der Waals surface area contributed by atoms with Gasteiger partial charge in [0.15, 0.2) is 5.82 Å². The van der Waals surface area contributed by atoms with Crippen LogP contribution in [-0.2, 0) is 6.54 Å². The summed E-state index contributed by atoms with van der Waals surface area (Å²) in [5, 5.41) is 24.1. The molecule has 0 fully saturated rings. The lowest BCUT2D eigenvalue weighted by Crippen LogP contribution is -2.00. The molecule has 108 valence electrons. The number of nitro groups is 1. The molecule has 0 bridgehead atoms. The van der Waals surface area contributed by atoms with E-state index in [9.17, 15) is 10.1 Å². The van der Waals surface area contributed by atoms with E-state index < -0.39 is 4.92 Å². The number of rotatable bonds is 6. The Morgan fingerprint density at radius 1 is 1.52 bits per heavy atom. The van der Waals surface area contributed by atoms with Crippen LogP contribution in [0.4, 0.5) is 5.69 Å². The first-order valence-electron chi connectivity index (χ1n) is 5.98. The maximum absolute atomic E-state index is 10.5. The van der Waals surface area contributed by atoms with E-state index >= 15 is 0 Å². The van der Waals surface area contributed by atoms with Crippen molar-refractivity contribution in [2.24, 2.45) is 0 Å². The average Bonchev–Trinajstić information content (AvgIpc) is 3.20. The minimum atomic E-state index is -0.459. The van der Waals surface area contributed by atoms with E-state index in [2.05, 4.69) is 20.3 Å². The highest BCUT2D eigenvalue weighted by atomic mass is 32.2. The monoisotopic (exact) mass is 322 g/mol. The van der Waals surface area contributed by atoms with Gasteiger partial charge in [-0.05, 0) is 11.4 Å². The second kappa shape index (κ2) is 6.06. The van der Waals surface area contributed by atoms with Gasteiger partial charge in [-0.3, -0.25) is 19.9 Å². The molecular formula is C11H10N6O2S2. The lowest BCUT2D eigenvalue weighted by atomic mass is 10.4. The molecule has 1 N–H and O–H groups in total. The number of hydrogen-bond donors (Lipinski definition) is 1. The topological polar surface area (TPSA) is 103 Å². The first kappa shape index (κ1) is 13.8. The molecule has 3 rings (SSSR count). The van der Waals surface area contributed by atoms with Gasteiger partial charge in [-0.15, -0.1) is 16.4 Å². The van der Waals surface area contributed by atoms with Gasteiger partial charge in [-0.2, -0.15) is 5.10 Å². The molecular weight excluding hydrogens is 312 g/mol. The van der Waals surface area contributed by atoms with E-state index in [1.807, 2.05) is 17.5 Å². The van der Waals surface area contributed by atoms with Crippen LogP contribution < -0.4 is 0 Å². The second-order valence-corrected chi connectivity index (χ2v) is 6.02. The summed E-state index contributed by atoms with van der Waals surface area (Å²) >= 11 is 3.07. The zero-order valence-electron chi connectivity index (χ0n) is 10.7. The van der Waals surface area contributed by atoms with Crippen LogP contribution in [0.2, 0.25) is 0 Å². The number of aromatic nitrogens is 5. The van der Waals surface area contributed by atoms with E-state index in [0.717, 1.165) is 10.7 Å². The van der Waals surface area contributed by atoms with Crippen LogP contribution in [0.3, 0.4) is 0 Å². The van der Waals surface area contributed by atoms with Crippen molar-refractivity contribution in [2.45, 2.75) is 11.7 Å². The number of nitrogens with zero attached hydrogens (tertiary/aromatic N) is 5. The molecule has 0 aromatic carbocycles. The molecule has 3 aromatic rings. The van der Waals surface area contributed by atoms with Crippen LogP contribution in [-0.4, -0.2) is 35.6 Å². The molecule has 0 amide bonds. The van der Waals surface area contributed by atoms with Crippen molar-refractivity contribution in [1.29, 1.82) is 0 Å². The van der Waals surface area contributed by atoms with E-state index in [4.69, 9.17) is 0 Å². The van der Waals surface area contributed by atoms with Crippen molar-refractivity contribution in [3.05, 3.63) is 40.0 Å². The van der Waals surface area contributed by atoms with Gasteiger partial charge in [-0.25, -0.2) is 4.98 Å². The minimum absolute atomic E-state index is 0.00197. The van der Waals surface area contributed by atoms with Gasteiger partial charge >= 0.3 is 5.69 Å². The van der Waals surface area contributed by atoms with E-state index in [1.165, 1.54) is 28.8 Å². The average molecular weight is 322 g/mol. The third-order valence-electron chi connectivity index (χ3n) is 2.60. The molecule has 8 nitrogen and oxygen atoms in total. The molecule has 0 radical (unpaired) electrons. The summed E-state index contributed by atoms with van der Waals surface area (Å²) in [4.78, 5) is 15.5. The Balaban J connectivity index is 1.54. The van der Waals surface area contributed by atoms with Gasteiger partial charge in [0.1, 0.15) is 12.4 Å². The lowest BCUT2D eigenvalue weighted by molar-refractivity contribution is -0.385. The van der Waals surface area contributed by atoms with Crippen LogP contribution in [0.1, 0.15) is 0 Å². The predicted octanol–water partition coefficient (Wildman–Crippen LogP) is 2.43.